The van der Waals surface area contributed by atoms with Crippen molar-refractivity contribution in [2.75, 3.05) is 5.73 Å². The first-order valence-corrected chi connectivity index (χ1v) is 8.39. The number of imidazole rings is 1. The lowest BCUT2D eigenvalue weighted by molar-refractivity contribution is 1.14. The number of rotatable bonds is 2. The highest BCUT2D eigenvalue weighted by atomic mass is 35.5. The van der Waals surface area contributed by atoms with Gasteiger partial charge in [-0.05, 0) is 29.8 Å². The predicted octanol–water partition coefficient (Wildman–Crippen LogP) is 5.50. The Hall–Kier alpha value is -3.07. The normalized spacial score (nSPS) is 10.8. The summed E-state index contributed by atoms with van der Waals surface area (Å²) in [5, 5.41) is 1.02. The monoisotopic (exact) mass is 379 g/mol. The van der Waals surface area contributed by atoms with Gasteiger partial charge in [0.15, 0.2) is 17.2 Å². The van der Waals surface area contributed by atoms with Crippen LogP contribution in [-0.4, -0.2) is 14.4 Å². The van der Waals surface area contributed by atoms with E-state index in [4.69, 9.17) is 35.5 Å². The number of nitrogens with two attached hydrogens (primary N) is 1. The SMILES string of the molecule is [C-]#[N+]c1cccc(-c2nc(N)c3nccn3c2-c2cc(Cl)cc(Cl)c2)c1. The molecule has 26 heavy (non-hydrogen) atoms. The van der Waals surface area contributed by atoms with Crippen molar-refractivity contribution in [3.8, 4) is 22.5 Å². The maximum Gasteiger partial charge on any atom is 0.187 e. The molecule has 0 aliphatic rings. The van der Waals surface area contributed by atoms with E-state index in [1.807, 2.05) is 28.7 Å². The minimum Gasteiger partial charge on any atom is -0.381 e. The van der Waals surface area contributed by atoms with Crippen molar-refractivity contribution in [2.24, 2.45) is 0 Å². The summed E-state index contributed by atoms with van der Waals surface area (Å²) in [6.45, 7) is 7.26. The molecule has 0 atom stereocenters. The second kappa shape index (κ2) is 6.34. The Morgan fingerprint density at radius 2 is 1.81 bits per heavy atom. The second-order valence-electron chi connectivity index (χ2n) is 5.64. The topological polar surface area (TPSA) is 60.6 Å². The lowest BCUT2D eigenvalue weighted by atomic mass is 10.0. The van der Waals surface area contributed by atoms with Crippen molar-refractivity contribution < 1.29 is 0 Å². The van der Waals surface area contributed by atoms with Crippen molar-refractivity contribution in [1.29, 1.82) is 0 Å². The number of benzene rings is 2. The van der Waals surface area contributed by atoms with Gasteiger partial charge in [0.05, 0.1) is 18.0 Å². The zero-order valence-corrected chi connectivity index (χ0v) is 14.8. The van der Waals surface area contributed by atoms with Gasteiger partial charge in [-0.2, -0.15) is 0 Å². The summed E-state index contributed by atoms with van der Waals surface area (Å²) in [6, 6.07) is 12.5. The van der Waals surface area contributed by atoms with E-state index in [2.05, 4.69) is 14.8 Å². The van der Waals surface area contributed by atoms with Gasteiger partial charge in [0.25, 0.3) is 0 Å². The molecular formula is C19H11Cl2N5. The average molecular weight is 380 g/mol. The molecule has 126 valence electrons. The summed E-state index contributed by atoms with van der Waals surface area (Å²) in [7, 11) is 0. The van der Waals surface area contributed by atoms with Crippen LogP contribution in [0.15, 0.2) is 54.9 Å². The molecule has 0 aliphatic carbocycles. The lowest BCUT2D eigenvalue weighted by Crippen LogP contribution is -2.03. The van der Waals surface area contributed by atoms with Crippen molar-refractivity contribution in [3.05, 3.63) is 76.3 Å². The number of nitrogens with zero attached hydrogens (tertiary/aromatic N) is 4. The quantitative estimate of drug-likeness (QED) is 0.467. The number of halogens is 2. The average Bonchev–Trinajstić information content (AvgIpc) is 3.11. The van der Waals surface area contributed by atoms with Crippen molar-refractivity contribution in [1.82, 2.24) is 14.4 Å². The standard InChI is InChI=1S/C19H11Cl2N5/c1-23-15-4-2-3-11(9-15)16-17(12-7-13(20)10-14(21)8-12)26-6-5-24-19(26)18(22)25-16/h2-10H,(H2,22,25). The fourth-order valence-corrected chi connectivity index (χ4v) is 3.43. The van der Waals surface area contributed by atoms with Gasteiger partial charge in [-0.1, -0.05) is 41.4 Å². The van der Waals surface area contributed by atoms with Crippen molar-refractivity contribution >= 4 is 40.4 Å². The molecule has 0 bridgehead atoms. The number of fused-ring (bicyclic) bond motifs is 1. The molecule has 2 aromatic carbocycles. The smallest absolute Gasteiger partial charge is 0.187 e. The van der Waals surface area contributed by atoms with Crippen molar-refractivity contribution in [2.45, 2.75) is 0 Å². The van der Waals surface area contributed by atoms with E-state index >= 15 is 0 Å². The highest BCUT2D eigenvalue weighted by molar-refractivity contribution is 6.35. The number of anilines is 1. The molecular weight excluding hydrogens is 369 g/mol. The largest absolute Gasteiger partial charge is 0.381 e. The second-order valence-corrected chi connectivity index (χ2v) is 6.51. The van der Waals surface area contributed by atoms with Gasteiger partial charge in [0, 0.05) is 28.0 Å². The van der Waals surface area contributed by atoms with Gasteiger partial charge >= 0.3 is 0 Å². The van der Waals surface area contributed by atoms with E-state index in [-0.39, 0.29) is 0 Å². The Bertz CT molecular complexity index is 1170. The minimum atomic E-state index is 0.301. The first-order chi connectivity index (χ1) is 12.6. The van der Waals surface area contributed by atoms with Crippen LogP contribution in [0, 0.1) is 6.57 Å². The Morgan fingerprint density at radius 3 is 2.54 bits per heavy atom. The number of hydrogen-bond acceptors (Lipinski definition) is 3. The summed E-state index contributed by atoms with van der Waals surface area (Å²) in [5.41, 5.74) is 10.1. The molecule has 2 N–H and O–H groups in total. The highest BCUT2D eigenvalue weighted by Gasteiger charge is 2.17. The Morgan fingerprint density at radius 1 is 1.04 bits per heavy atom. The highest BCUT2D eigenvalue weighted by Crippen LogP contribution is 2.36. The number of nitrogen functional groups attached to an aromatic ring is 1. The first kappa shape index (κ1) is 16.4. The first-order valence-electron chi connectivity index (χ1n) is 7.64. The van der Waals surface area contributed by atoms with E-state index in [1.54, 1.807) is 30.6 Å². The molecule has 0 saturated heterocycles. The van der Waals surface area contributed by atoms with E-state index < -0.39 is 0 Å². The van der Waals surface area contributed by atoms with Gasteiger partial charge in [-0.3, -0.25) is 4.40 Å². The van der Waals surface area contributed by atoms with Crippen LogP contribution in [-0.2, 0) is 0 Å². The summed E-state index contributed by atoms with van der Waals surface area (Å²) >= 11 is 12.4. The molecule has 2 aromatic heterocycles. The molecule has 0 saturated carbocycles. The third kappa shape index (κ3) is 2.76. The Balaban J connectivity index is 2.11. The molecule has 4 rings (SSSR count). The molecule has 7 heteroatoms. The van der Waals surface area contributed by atoms with Gasteiger partial charge in [0.2, 0.25) is 0 Å². The number of aromatic nitrogens is 3. The fraction of sp³-hybridized carbons (Fsp3) is 0. The maximum absolute atomic E-state index is 7.26. The van der Waals surface area contributed by atoms with E-state index in [1.165, 1.54) is 0 Å². The molecule has 2 heterocycles. The summed E-state index contributed by atoms with van der Waals surface area (Å²) in [5.74, 6) is 0.301. The van der Waals surface area contributed by atoms with Crippen molar-refractivity contribution in [3.63, 3.8) is 0 Å². The van der Waals surface area contributed by atoms with E-state index in [0.29, 0.717) is 32.9 Å². The third-order valence-electron chi connectivity index (χ3n) is 3.95. The maximum atomic E-state index is 7.26. The zero-order chi connectivity index (χ0) is 18.3. The minimum absolute atomic E-state index is 0.301. The lowest BCUT2D eigenvalue weighted by Gasteiger charge is -2.14. The van der Waals surface area contributed by atoms with Crippen LogP contribution in [0.1, 0.15) is 0 Å². The third-order valence-corrected chi connectivity index (χ3v) is 4.39. The summed E-state index contributed by atoms with van der Waals surface area (Å²) < 4.78 is 1.85. The van der Waals surface area contributed by atoms with Crippen LogP contribution in [0.5, 0.6) is 0 Å². The van der Waals surface area contributed by atoms with Crippen LogP contribution in [0.2, 0.25) is 10.0 Å². The molecule has 0 fully saturated rings. The molecule has 0 amide bonds. The fourth-order valence-electron chi connectivity index (χ4n) is 2.90. The summed E-state index contributed by atoms with van der Waals surface area (Å²) in [4.78, 5) is 12.3. The Labute approximate surface area is 159 Å². The molecule has 4 aromatic rings. The predicted molar refractivity (Wildman–Crippen MR) is 105 cm³/mol. The van der Waals surface area contributed by atoms with Crippen LogP contribution in [0.25, 0.3) is 33.0 Å². The molecule has 0 radical (unpaired) electrons. The molecule has 5 nitrogen and oxygen atoms in total. The van der Waals surface area contributed by atoms with Crippen LogP contribution < -0.4 is 5.73 Å². The van der Waals surface area contributed by atoms with E-state index in [9.17, 15) is 0 Å². The molecule has 0 spiro atoms. The van der Waals surface area contributed by atoms with E-state index in [0.717, 1.165) is 16.8 Å². The van der Waals surface area contributed by atoms with Crippen LogP contribution in [0.3, 0.4) is 0 Å². The van der Waals surface area contributed by atoms with Crippen LogP contribution in [0.4, 0.5) is 11.5 Å². The summed E-state index contributed by atoms with van der Waals surface area (Å²) in [6.07, 6.45) is 3.46. The van der Waals surface area contributed by atoms with Gasteiger partial charge in [0.1, 0.15) is 0 Å². The van der Waals surface area contributed by atoms with Crippen LogP contribution >= 0.6 is 23.2 Å². The Kier molecular flexibility index (Phi) is 4.00. The van der Waals surface area contributed by atoms with Gasteiger partial charge in [-0.15, -0.1) is 0 Å². The van der Waals surface area contributed by atoms with Gasteiger partial charge in [-0.25, -0.2) is 14.8 Å². The molecule has 0 aliphatic heterocycles. The molecule has 0 unspecified atom stereocenters. The van der Waals surface area contributed by atoms with Gasteiger partial charge < -0.3 is 5.73 Å². The zero-order valence-electron chi connectivity index (χ0n) is 13.3. The number of hydrogen-bond donors (Lipinski definition) is 1.